The Kier molecular flexibility index (Phi) is 6.85. The summed E-state index contributed by atoms with van der Waals surface area (Å²) in [5.74, 6) is 1.34. The standard InChI is InChI=1S/C13H22N4OS.ClH/c1-9(8-19-3)16-13(18)12-6-14-5-11(12)10-4-15-17(2)7-10;/h4,7,9,11-12,14H,5-6,8H2,1-3H3,(H,16,18);1H/t9?,11-,12+;/m1./s1. The molecule has 0 saturated carbocycles. The molecule has 1 aliphatic rings. The summed E-state index contributed by atoms with van der Waals surface area (Å²) in [6, 6.07) is 0.220. The Hall–Kier alpha value is -0.720. The van der Waals surface area contributed by atoms with Gasteiger partial charge in [0.15, 0.2) is 0 Å². The van der Waals surface area contributed by atoms with Gasteiger partial charge in [-0.25, -0.2) is 0 Å². The van der Waals surface area contributed by atoms with E-state index in [-0.39, 0.29) is 36.2 Å². The Morgan fingerprint density at radius 2 is 2.40 bits per heavy atom. The first kappa shape index (κ1) is 17.3. The highest BCUT2D eigenvalue weighted by Gasteiger charge is 2.34. The molecule has 1 amide bonds. The molecule has 20 heavy (non-hydrogen) atoms. The van der Waals surface area contributed by atoms with E-state index in [2.05, 4.69) is 28.9 Å². The van der Waals surface area contributed by atoms with Crippen LogP contribution < -0.4 is 10.6 Å². The zero-order valence-corrected chi connectivity index (χ0v) is 13.8. The molecular formula is C13H23ClN4OS. The van der Waals surface area contributed by atoms with Crippen LogP contribution in [-0.2, 0) is 11.8 Å². The number of nitrogens with one attached hydrogen (secondary N) is 2. The van der Waals surface area contributed by atoms with Gasteiger partial charge in [0.05, 0.1) is 12.1 Å². The van der Waals surface area contributed by atoms with Gasteiger partial charge in [0, 0.05) is 44.0 Å². The second-order valence-electron chi connectivity index (χ2n) is 5.18. The largest absolute Gasteiger partial charge is 0.353 e. The van der Waals surface area contributed by atoms with Crippen LogP contribution in [-0.4, -0.2) is 46.8 Å². The SMILES string of the molecule is CSCC(C)NC(=O)[C@H]1CNC[C@@H]1c1cnn(C)c1.Cl. The highest BCUT2D eigenvalue weighted by Crippen LogP contribution is 2.27. The van der Waals surface area contributed by atoms with Gasteiger partial charge >= 0.3 is 0 Å². The first-order valence-electron chi connectivity index (χ1n) is 6.60. The summed E-state index contributed by atoms with van der Waals surface area (Å²) in [6.45, 7) is 3.65. The third-order valence-corrected chi connectivity index (χ3v) is 4.34. The lowest BCUT2D eigenvalue weighted by atomic mass is 9.90. The summed E-state index contributed by atoms with van der Waals surface area (Å²) in [6.07, 6.45) is 5.92. The van der Waals surface area contributed by atoms with Crippen molar-refractivity contribution >= 4 is 30.1 Å². The molecule has 1 unspecified atom stereocenters. The average Bonchev–Trinajstić information content (AvgIpc) is 2.96. The van der Waals surface area contributed by atoms with Crippen LogP contribution in [0.1, 0.15) is 18.4 Å². The molecule has 7 heteroatoms. The summed E-state index contributed by atoms with van der Waals surface area (Å²) in [5.41, 5.74) is 1.14. The topological polar surface area (TPSA) is 59.0 Å². The van der Waals surface area contributed by atoms with Crippen molar-refractivity contribution in [3.8, 4) is 0 Å². The molecule has 114 valence electrons. The highest BCUT2D eigenvalue weighted by atomic mass is 35.5. The van der Waals surface area contributed by atoms with Crippen molar-refractivity contribution in [2.75, 3.05) is 25.1 Å². The molecule has 1 saturated heterocycles. The van der Waals surface area contributed by atoms with Crippen LogP contribution in [0.15, 0.2) is 12.4 Å². The number of aromatic nitrogens is 2. The molecule has 2 heterocycles. The van der Waals surface area contributed by atoms with Crippen LogP contribution in [0.4, 0.5) is 0 Å². The molecule has 3 atom stereocenters. The average molecular weight is 319 g/mol. The van der Waals surface area contributed by atoms with E-state index >= 15 is 0 Å². The van der Waals surface area contributed by atoms with Crippen molar-refractivity contribution in [2.24, 2.45) is 13.0 Å². The molecular weight excluding hydrogens is 296 g/mol. The van der Waals surface area contributed by atoms with Gasteiger partial charge in [0.1, 0.15) is 0 Å². The molecule has 5 nitrogen and oxygen atoms in total. The number of hydrogen-bond donors (Lipinski definition) is 2. The third-order valence-electron chi connectivity index (χ3n) is 3.51. The molecule has 2 N–H and O–H groups in total. The number of rotatable bonds is 5. The summed E-state index contributed by atoms with van der Waals surface area (Å²) in [7, 11) is 1.90. The van der Waals surface area contributed by atoms with E-state index in [0.717, 1.165) is 24.4 Å². The van der Waals surface area contributed by atoms with Crippen molar-refractivity contribution in [3.05, 3.63) is 18.0 Å². The number of nitrogens with zero attached hydrogens (tertiary/aromatic N) is 2. The zero-order valence-electron chi connectivity index (χ0n) is 12.1. The molecule has 0 spiro atoms. The normalized spacial score (nSPS) is 23.1. The molecule has 1 aromatic rings. The fraction of sp³-hybridized carbons (Fsp3) is 0.692. The Bertz CT molecular complexity index is 440. The van der Waals surface area contributed by atoms with Gasteiger partial charge in [-0.2, -0.15) is 16.9 Å². The molecule has 0 bridgehead atoms. The molecule has 0 aromatic carbocycles. The van der Waals surface area contributed by atoms with Gasteiger partial charge in [-0.05, 0) is 18.7 Å². The van der Waals surface area contributed by atoms with E-state index < -0.39 is 0 Å². The maximum Gasteiger partial charge on any atom is 0.225 e. The Balaban J connectivity index is 0.00000200. The number of carbonyl (C=O) groups excluding carboxylic acids is 1. The van der Waals surface area contributed by atoms with Gasteiger partial charge in [0.2, 0.25) is 5.91 Å². The maximum atomic E-state index is 12.3. The zero-order chi connectivity index (χ0) is 13.8. The molecule has 2 rings (SSSR count). The number of aryl methyl sites for hydroxylation is 1. The van der Waals surface area contributed by atoms with Crippen molar-refractivity contribution in [2.45, 2.75) is 18.9 Å². The lowest BCUT2D eigenvalue weighted by Gasteiger charge is -2.20. The van der Waals surface area contributed by atoms with Gasteiger partial charge in [-0.3, -0.25) is 9.48 Å². The van der Waals surface area contributed by atoms with Crippen molar-refractivity contribution in [3.63, 3.8) is 0 Å². The number of hydrogen-bond acceptors (Lipinski definition) is 4. The van der Waals surface area contributed by atoms with Gasteiger partial charge in [-0.1, -0.05) is 0 Å². The lowest BCUT2D eigenvalue weighted by Crippen LogP contribution is -2.40. The number of carbonyl (C=O) groups is 1. The van der Waals surface area contributed by atoms with E-state index in [1.165, 1.54) is 0 Å². The Morgan fingerprint density at radius 1 is 1.65 bits per heavy atom. The first-order chi connectivity index (χ1) is 9.11. The molecule has 0 aliphatic carbocycles. The van der Waals surface area contributed by atoms with E-state index in [1.807, 2.05) is 19.4 Å². The number of amides is 1. The summed E-state index contributed by atoms with van der Waals surface area (Å²) >= 11 is 1.75. The monoisotopic (exact) mass is 318 g/mol. The van der Waals surface area contributed by atoms with Crippen LogP contribution in [0, 0.1) is 5.92 Å². The predicted molar refractivity (Wildman–Crippen MR) is 85.5 cm³/mol. The minimum Gasteiger partial charge on any atom is -0.353 e. The Labute approximate surface area is 130 Å². The van der Waals surface area contributed by atoms with E-state index in [1.54, 1.807) is 16.4 Å². The van der Waals surface area contributed by atoms with Crippen LogP contribution in [0.2, 0.25) is 0 Å². The van der Waals surface area contributed by atoms with Crippen molar-refractivity contribution in [1.82, 2.24) is 20.4 Å². The second-order valence-corrected chi connectivity index (χ2v) is 6.09. The molecule has 1 aliphatic heterocycles. The number of thioether (sulfide) groups is 1. The fourth-order valence-corrected chi connectivity index (χ4v) is 3.16. The van der Waals surface area contributed by atoms with Crippen molar-refractivity contribution < 1.29 is 4.79 Å². The number of halogens is 1. The highest BCUT2D eigenvalue weighted by molar-refractivity contribution is 7.98. The summed E-state index contributed by atoms with van der Waals surface area (Å²) < 4.78 is 1.79. The minimum atomic E-state index is 0. The fourth-order valence-electron chi connectivity index (χ4n) is 2.58. The first-order valence-corrected chi connectivity index (χ1v) is 7.99. The molecule has 0 radical (unpaired) electrons. The van der Waals surface area contributed by atoms with Crippen LogP contribution >= 0.6 is 24.2 Å². The van der Waals surface area contributed by atoms with Crippen molar-refractivity contribution in [1.29, 1.82) is 0 Å². The summed E-state index contributed by atoms with van der Waals surface area (Å²) in [5, 5.41) is 10.6. The van der Waals surface area contributed by atoms with Crippen LogP contribution in [0.5, 0.6) is 0 Å². The quantitative estimate of drug-likeness (QED) is 0.851. The maximum absolute atomic E-state index is 12.3. The van der Waals surface area contributed by atoms with Crippen LogP contribution in [0.3, 0.4) is 0 Å². The lowest BCUT2D eigenvalue weighted by molar-refractivity contribution is -0.125. The minimum absolute atomic E-state index is 0. The molecule has 1 aromatic heterocycles. The van der Waals surface area contributed by atoms with Gasteiger partial charge < -0.3 is 10.6 Å². The van der Waals surface area contributed by atoms with Gasteiger partial charge in [0.25, 0.3) is 0 Å². The third kappa shape index (κ3) is 4.14. The second kappa shape index (κ2) is 7.90. The summed E-state index contributed by atoms with van der Waals surface area (Å²) in [4.78, 5) is 12.3. The van der Waals surface area contributed by atoms with E-state index in [0.29, 0.717) is 0 Å². The smallest absolute Gasteiger partial charge is 0.225 e. The van der Waals surface area contributed by atoms with Gasteiger partial charge in [-0.15, -0.1) is 12.4 Å². The van der Waals surface area contributed by atoms with Crippen LogP contribution in [0.25, 0.3) is 0 Å². The Morgan fingerprint density at radius 3 is 3.00 bits per heavy atom. The predicted octanol–water partition coefficient (Wildman–Crippen LogP) is 1.01. The van der Waals surface area contributed by atoms with E-state index in [9.17, 15) is 4.79 Å². The molecule has 1 fully saturated rings. The van der Waals surface area contributed by atoms with E-state index in [4.69, 9.17) is 0 Å².